The third kappa shape index (κ3) is 4.60. The Hall–Kier alpha value is -3.40. The van der Waals surface area contributed by atoms with Gasteiger partial charge in [-0.05, 0) is 41.5 Å². The lowest BCUT2D eigenvalue weighted by Crippen LogP contribution is -2.14. The molecule has 0 amide bonds. The minimum absolute atomic E-state index is 0.0152. The van der Waals surface area contributed by atoms with Crippen LogP contribution in [0, 0.1) is 27.6 Å². The van der Waals surface area contributed by atoms with Crippen molar-refractivity contribution in [1.29, 1.82) is 0 Å². The lowest BCUT2D eigenvalue weighted by molar-refractivity contribution is -0.385. The standard InChI is InChI=1S/C20H15F3N2O4S/c1-30(28,29)15-4-2-3-12(9-15)20(13-5-7-16(21)17(22)10-13)24-19-8-6-14(25(26)27)11-18(19)23/h2-11,20,24H,1H3. The van der Waals surface area contributed by atoms with Crippen LogP contribution in [-0.2, 0) is 9.84 Å². The molecule has 0 saturated heterocycles. The first-order valence-corrected chi connectivity index (χ1v) is 10.4. The Bertz CT molecular complexity index is 1230. The van der Waals surface area contributed by atoms with Gasteiger partial charge in [0.2, 0.25) is 0 Å². The zero-order valence-corrected chi connectivity index (χ0v) is 16.3. The number of halogens is 3. The van der Waals surface area contributed by atoms with Crippen LogP contribution in [0.4, 0.5) is 24.5 Å². The maximum absolute atomic E-state index is 14.4. The SMILES string of the molecule is CS(=O)(=O)c1cccc(C(Nc2ccc([N+](=O)[O-])cc2F)c2ccc(F)c(F)c2)c1. The van der Waals surface area contributed by atoms with E-state index in [0.717, 1.165) is 36.6 Å². The van der Waals surface area contributed by atoms with Crippen LogP contribution in [-0.4, -0.2) is 19.6 Å². The Balaban J connectivity index is 2.11. The summed E-state index contributed by atoms with van der Waals surface area (Å²) in [7, 11) is -3.56. The van der Waals surface area contributed by atoms with Crippen molar-refractivity contribution in [3.63, 3.8) is 0 Å². The van der Waals surface area contributed by atoms with Gasteiger partial charge in [-0.2, -0.15) is 0 Å². The zero-order chi connectivity index (χ0) is 22.1. The second-order valence-electron chi connectivity index (χ2n) is 6.52. The summed E-state index contributed by atoms with van der Waals surface area (Å²) in [6, 6.07) is 10.7. The molecule has 0 bridgehead atoms. The quantitative estimate of drug-likeness (QED) is 0.450. The summed E-state index contributed by atoms with van der Waals surface area (Å²) < 4.78 is 65.5. The maximum atomic E-state index is 14.4. The van der Waals surface area contributed by atoms with Crippen molar-refractivity contribution in [2.45, 2.75) is 10.9 Å². The number of rotatable bonds is 6. The van der Waals surface area contributed by atoms with Gasteiger partial charge >= 0.3 is 0 Å². The second kappa shape index (κ2) is 8.15. The van der Waals surface area contributed by atoms with Gasteiger partial charge in [-0.25, -0.2) is 21.6 Å². The highest BCUT2D eigenvalue weighted by atomic mass is 32.2. The van der Waals surface area contributed by atoms with E-state index in [9.17, 15) is 31.7 Å². The molecule has 3 rings (SSSR count). The monoisotopic (exact) mass is 436 g/mol. The van der Waals surface area contributed by atoms with Crippen molar-refractivity contribution in [1.82, 2.24) is 0 Å². The van der Waals surface area contributed by atoms with E-state index in [4.69, 9.17) is 0 Å². The molecule has 0 aromatic heterocycles. The van der Waals surface area contributed by atoms with Gasteiger partial charge in [0, 0.05) is 12.3 Å². The van der Waals surface area contributed by atoms with Crippen molar-refractivity contribution < 1.29 is 26.5 Å². The number of anilines is 1. The molecule has 0 spiro atoms. The van der Waals surface area contributed by atoms with E-state index < -0.39 is 43.9 Å². The van der Waals surface area contributed by atoms with Crippen molar-refractivity contribution in [2.24, 2.45) is 0 Å². The smallest absolute Gasteiger partial charge is 0.272 e. The lowest BCUT2D eigenvalue weighted by Gasteiger charge is -2.22. The molecule has 0 saturated carbocycles. The summed E-state index contributed by atoms with van der Waals surface area (Å²) in [5.41, 5.74) is -0.0689. The van der Waals surface area contributed by atoms with Crippen LogP contribution in [0.5, 0.6) is 0 Å². The van der Waals surface area contributed by atoms with Gasteiger partial charge < -0.3 is 5.32 Å². The Kier molecular flexibility index (Phi) is 5.79. The molecule has 1 N–H and O–H groups in total. The second-order valence-corrected chi connectivity index (χ2v) is 8.53. The Morgan fingerprint density at radius 1 is 0.900 bits per heavy atom. The molecule has 1 atom stereocenters. The highest BCUT2D eigenvalue weighted by molar-refractivity contribution is 7.90. The molecule has 0 fully saturated rings. The fourth-order valence-corrected chi connectivity index (χ4v) is 3.54. The average Bonchev–Trinajstić information content (AvgIpc) is 2.68. The molecule has 10 heteroatoms. The van der Waals surface area contributed by atoms with Crippen molar-refractivity contribution in [3.05, 3.63) is 99.4 Å². The highest BCUT2D eigenvalue weighted by Gasteiger charge is 2.21. The van der Waals surface area contributed by atoms with Crippen LogP contribution in [0.1, 0.15) is 17.2 Å². The van der Waals surface area contributed by atoms with Crippen LogP contribution in [0.2, 0.25) is 0 Å². The summed E-state index contributed by atoms with van der Waals surface area (Å²) in [4.78, 5) is 10.0. The summed E-state index contributed by atoms with van der Waals surface area (Å²) in [5, 5.41) is 13.6. The third-order valence-corrected chi connectivity index (χ3v) is 5.47. The lowest BCUT2D eigenvalue weighted by atomic mass is 9.98. The summed E-state index contributed by atoms with van der Waals surface area (Å²) in [5.74, 6) is -3.15. The number of nitrogens with one attached hydrogen (secondary N) is 1. The molecular formula is C20H15F3N2O4S. The number of sulfone groups is 1. The summed E-state index contributed by atoms with van der Waals surface area (Å²) in [6.07, 6.45) is 1.02. The minimum Gasteiger partial charge on any atom is -0.372 e. The third-order valence-electron chi connectivity index (χ3n) is 4.36. The van der Waals surface area contributed by atoms with Gasteiger partial charge in [-0.1, -0.05) is 18.2 Å². The average molecular weight is 436 g/mol. The molecule has 6 nitrogen and oxygen atoms in total. The van der Waals surface area contributed by atoms with E-state index in [0.29, 0.717) is 5.56 Å². The van der Waals surface area contributed by atoms with Gasteiger partial charge in [-0.15, -0.1) is 0 Å². The van der Waals surface area contributed by atoms with E-state index in [1.165, 1.54) is 30.3 Å². The first kappa shape index (κ1) is 21.3. The van der Waals surface area contributed by atoms with Gasteiger partial charge in [0.1, 0.15) is 0 Å². The number of nitro benzene ring substituents is 1. The number of hydrogen-bond acceptors (Lipinski definition) is 5. The predicted molar refractivity (Wildman–Crippen MR) is 104 cm³/mol. The highest BCUT2D eigenvalue weighted by Crippen LogP contribution is 2.31. The van der Waals surface area contributed by atoms with Crippen molar-refractivity contribution in [3.8, 4) is 0 Å². The molecule has 1 unspecified atom stereocenters. The van der Waals surface area contributed by atoms with E-state index in [1.54, 1.807) is 0 Å². The van der Waals surface area contributed by atoms with Crippen LogP contribution in [0.25, 0.3) is 0 Å². The minimum atomic E-state index is -3.56. The van der Waals surface area contributed by atoms with Gasteiger partial charge in [0.15, 0.2) is 27.3 Å². The first-order chi connectivity index (χ1) is 14.1. The number of nitro groups is 1. The van der Waals surface area contributed by atoms with E-state index in [-0.39, 0.29) is 16.1 Å². The summed E-state index contributed by atoms with van der Waals surface area (Å²) in [6.45, 7) is 0. The molecule has 0 aliphatic heterocycles. The van der Waals surface area contributed by atoms with E-state index in [2.05, 4.69) is 5.32 Å². The van der Waals surface area contributed by atoms with Crippen LogP contribution >= 0.6 is 0 Å². The van der Waals surface area contributed by atoms with Crippen LogP contribution < -0.4 is 5.32 Å². The largest absolute Gasteiger partial charge is 0.372 e. The molecule has 3 aromatic carbocycles. The van der Waals surface area contributed by atoms with E-state index >= 15 is 0 Å². The van der Waals surface area contributed by atoms with Crippen LogP contribution in [0.3, 0.4) is 0 Å². The van der Waals surface area contributed by atoms with Gasteiger partial charge in [0.05, 0.1) is 27.6 Å². The zero-order valence-electron chi connectivity index (χ0n) is 15.5. The molecule has 0 aliphatic carbocycles. The number of non-ortho nitro benzene ring substituents is 1. The number of benzene rings is 3. The Labute approximate surface area is 170 Å². The topological polar surface area (TPSA) is 89.3 Å². The molecule has 3 aromatic rings. The van der Waals surface area contributed by atoms with Crippen molar-refractivity contribution >= 4 is 21.2 Å². The van der Waals surface area contributed by atoms with E-state index in [1.807, 2.05) is 0 Å². The normalized spacial score (nSPS) is 12.4. The summed E-state index contributed by atoms with van der Waals surface area (Å²) >= 11 is 0. The molecular weight excluding hydrogens is 421 g/mol. The molecule has 0 aliphatic rings. The number of nitrogens with zero attached hydrogens (tertiary/aromatic N) is 1. The van der Waals surface area contributed by atoms with Gasteiger partial charge in [-0.3, -0.25) is 10.1 Å². The van der Waals surface area contributed by atoms with Crippen LogP contribution in [0.15, 0.2) is 65.6 Å². The molecule has 30 heavy (non-hydrogen) atoms. The fourth-order valence-electron chi connectivity index (χ4n) is 2.87. The van der Waals surface area contributed by atoms with Crippen molar-refractivity contribution in [2.75, 3.05) is 11.6 Å². The molecule has 0 radical (unpaired) electrons. The molecule has 0 heterocycles. The fraction of sp³-hybridized carbons (Fsp3) is 0.100. The maximum Gasteiger partial charge on any atom is 0.272 e. The number of hydrogen-bond donors (Lipinski definition) is 1. The van der Waals surface area contributed by atoms with Gasteiger partial charge in [0.25, 0.3) is 5.69 Å². The predicted octanol–water partition coefficient (Wildman–Crippen LogP) is 4.62. The Morgan fingerprint density at radius 3 is 2.20 bits per heavy atom. The molecule has 156 valence electrons. The first-order valence-electron chi connectivity index (χ1n) is 8.51. The Morgan fingerprint density at radius 2 is 1.60 bits per heavy atom.